The van der Waals surface area contributed by atoms with Crippen molar-refractivity contribution in [1.29, 1.82) is 5.26 Å². The van der Waals surface area contributed by atoms with Gasteiger partial charge in [0.1, 0.15) is 11.9 Å². The van der Waals surface area contributed by atoms with Gasteiger partial charge in [-0.15, -0.1) is 0 Å². The summed E-state index contributed by atoms with van der Waals surface area (Å²) in [5.74, 6) is -6.02. The molecule has 2 saturated heterocycles. The highest BCUT2D eigenvalue weighted by atomic mass is 32.2. The van der Waals surface area contributed by atoms with Gasteiger partial charge in [-0.05, 0) is 32.8 Å². The maximum absolute atomic E-state index is 14.5. The maximum Gasteiger partial charge on any atom is 0.282 e. The lowest BCUT2D eigenvalue weighted by Crippen LogP contribution is -2.57. The van der Waals surface area contributed by atoms with Crippen LogP contribution in [0.5, 0.6) is 0 Å². The van der Waals surface area contributed by atoms with Crippen LogP contribution in [-0.4, -0.2) is 73.0 Å². The van der Waals surface area contributed by atoms with Crippen LogP contribution in [0.1, 0.15) is 50.8 Å². The quantitative estimate of drug-likeness (QED) is 0.541. The van der Waals surface area contributed by atoms with Crippen molar-refractivity contribution in [1.82, 2.24) is 18.8 Å². The van der Waals surface area contributed by atoms with Gasteiger partial charge < -0.3 is 10.2 Å². The molecule has 1 aromatic carbocycles. The van der Waals surface area contributed by atoms with Gasteiger partial charge in [0, 0.05) is 51.3 Å². The Morgan fingerprint density at radius 2 is 1.86 bits per heavy atom. The van der Waals surface area contributed by atoms with Crippen LogP contribution in [0.15, 0.2) is 18.2 Å². The molecule has 13 heteroatoms. The van der Waals surface area contributed by atoms with E-state index >= 15 is 0 Å². The molecular formula is C24H32F3N5O4S. The Balaban J connectivity index is 1.61. The largest absolute Gasteiger partial charge is 0.348 e. The van der Waals surface area contributed by atoms with Crippen molar-refractivity contribution in [3.05, 3.63) is 35.1 Å². The number of carbonyl (C=O) groups excluding carboxylic acids is 2. The minimum atomic E-state index is -3.78. The van der Waals surface area contributed by atoms with Crippen LogP contribution in [0.4, 0.5) is 13.2 Å². The third-order valence-corrected chi connectivity index (χ3v) is 8.99. The van der Waals surface area contributed by atoms with Gasteiger partial charge in [-0.3, -0.25) is 9.59 Å². The number of benzene rings is 1. The normalized spacial score (nSPS) is 21.4. The Labute approximate surface area is 215 Å². The highest BCUT2D eigenvalue weighted by Gasteiger charge is 2.42. The topological polar surface area (TPSA) is 114 Å². The predicted molar refractivity (Wildman–Crippen MR) is 129 cm³/mol. The fourth-order valence-electron chi connectivity index (χ4n) is 4.44. The van der Waals surface area contributed by atoms with E-state index in [0.717, 1.165) is 12.1 Å². The molecule has 2 aliphatic heterocycles. The van der Waals surface area contributed by atoms with E-state index in [0.29, 0.717) is 19.8 Å². The molecule has 0 radical (unpaired) electrons. The van der Waals surface area contributed by atoms with E-state index < -0.39 is 57.3 Å². The Hall–Kier alpha value is -2.69. The van der Waals surface area contributed by atoms with Gasteiger partial charge in [-0.25, -0.2) is 13.2 Å². The number of alkyl halides is 2. The molecule has 2 amide bonds. The van der Waals surface area contributed by atoms with Crippen LogP contribution in [0.2, 0.25) is 0 Å². The lowest BCUT2D eigenvalue weighted by atomic mass is 9.97. The van der Waals surface area contributed by atoms with Crippen molar-refractivity contribution >= 4 is 22.0 Å². The van der Waals surface area contributed by atoms with Gasteiger partial charge in [-0.1, -0.05) is 12.1 Å². The average Bonchev–Trinajstić information content (AvgIpc) is 2.81. The predicted octanol–water partition coefficient (Wildman–Crippen LogP) is 2.37. The van der Waals surface area contributed by atoms with Gasteiger partial charge in [-0.2, -0.15) is 22.3 Å². The third-order valence-electron chi connectivity index (χ3n) is 7.06. The second-order valence-corrected chi connectivity index (χ2v) is 11.8. The van der Waals surface area contributed by atoms with Crippen molar-refractivity contribution in [3.8, 4) is 6.07 Å². The highest BCUT2D eigenvalue weighted by molar-refractivity contribution is 7.86. The van der Waals surface area contributed by atoms with E-state index in [1.165, 1.54) is 40.5 Å². The van der Waals surface area contributed by atoms with Crippen molar-refractivity contribution in [2.75, 3.05) is 33.2 Å². The Morgan fingerprint density at radius 3 is 2.43 bits per heavy atom. The molecule has 0 spiro atoms. The van der Waals surface area contributed by atoms with Crippen molar-refractivity contribution in [2.24, 2.45) is 11.8 Å². The Kier molecular flexibility index (Phi) is 8.56. The van der Waals surface area contributed by atoms with E-state index in [-0.39, 0.29) is 37.7 Å². The second kappa shape index (κ2) is 11.0. The number of likely N-dealkylation sites (N-methyl/N-ethyl adjacent to an activating group) is 1. The van der Waals surface area contributed by atoms with E-state index in [1.54, 1.807) is 0 Å². The molecule has 3 rings (SSSR count). The molecule has 2 fully saturated rings. The zero-order valence-corrected chi connectivity index (χ0v) is 22.1. The first-order valence-corrected chi connectivity index (χ1v) is 13.5. The molecule has 1 aromatic rings. The summed E-state index contributed by atoms with van der Waals surface area (Å²) in [5, 5.41) is 11.5. The van der Waals surface area contributed by atoms with Crippen LogP contribution in [0, 0.1) is 29.0 Å². The molecule has 0 saturated carbocycles. The Morgan fingerprint density at radius 1 is 1.22 bits per heavy atom. The van der Waals surface area contributed by atoms with E-state index in [4.69, 9.17) is 5.26 Å². The minimum absolute atomic E-state index is 0.0242. The van der Waals surface area contributed by atoms with Gasteiger partial charge in [0.25, 0.3) is 16.1 Å². The molecule has 0 aromatic heterocycles. The maximum atomic E-state index is 14.5. The minimum Gasteiger partial charge on any atom is -0.348 e. The molecule has 3 atom stereocenters. The van der Waals surface area contributed by atoms with E-state index in [2.05, 4.69) is 5.32 Å². The molecule has 2 heterocycles. The number of nitrogens with zero attached hydrogens (tertiary/aromatic N) is 4. The van der Waals surface area contributed by atoms with Crippen molar-refractivity contribution in [3.63, 3.8) is 0 Å². The number of hydrogen-bond acceptors (Lipinski definition) is 5. The monoisotopic (exact) mass is 543 g/mol. The number of rotatable bonds is 8. The molecule has 0 bridgehead atoms. The van der Waals surface area contributed by atoms with Crippen LogP contribution in [0.25, 0.3) is 0 Å². The number of nitrogens with one attached hydrogen (secondary N) is 1. The van der Waals surface area contributed by atoms with Gasteiger partial charge in [0.05, 0.1) is 23.9 Å². The van der Waals surface area contributed by atoms with Crippen molar-refractivity contribution in [2.45, 2.75) is 51.6 Å². The molecule has 1 N–H and O–H groups in total. The summed E-state index contributed by atoms with van der Waals surface area (Å²) in [4.78, 5) is 27.2. The first kappa shape index (κ1) is 28.9. The number of hydrogen-bond donors (Lipinski definition) is 1. The second-order valence-electron chi connectivity index (χ2n) is 9.83. The fourth-order valence-corrected chi connectivity index (χ4v) is 6.23. The average molecular weight is 544 g/mol. The number of carbonyl (C=O) groups is 2. The number of amides is 2. The molecule has 204 valence electrons. The van der Waals surface area contributed by atoms with Crippen LogP contribution < -0.4 is 5.32 Å². The summed E-state index contributed by atoms with van der Waals surface area (Å²) in [6.45, 7) is 4.18. The summed E-state index contributed by atoms with van der Waals surface area (Å²) in [7, 11) is -2.34. The standard InChI is InChI=1S/C24H32F3N5O4S/c1-15(20-8-7-19(10-21(20)25)24(3,26)27)29-22(33)16(2)30(4)23(34)18-6-5-9-31(14-18)37(35,36)32-12-17(11-28)13-32/h7-8,10,15-18H,5-6,9,12-14H2,1-4H3,(H,29,33)/t15-,16-,18+/m1/s1. The molecule has 9 nitrogen and oxygen atoms in total. The summed E-state index contributed by atoms with van der Waals surface area (Å²) < 4.78 is 69.5. The van der Waals surface area contributed by atoms with Crippen molar-refractivity contribution < 1.29 is 31.2 Å². The lowest BCUT2D eigenvalue weighted by molar-refractivity contribution is -0.142. The van der Waals surface area contributed by atoms with Crippen LogP contribution in [0.3, 0.4) is 0 Å². The van der Waals surface area contributed by atoms with Gasteiger partial charge in [0.2, 0.25) is 11.8 Å². The zero-order chi connectivity index (χ0) is 27.7. The molecule has 37 heavy (non-hydrogen) atoms. The first-order chi connectivity index (χ1) is 17.2. The lowest BCUT2D eigenvalue weighted by Gasteiger charge is -2.41. The highest BCUT2D eigenvalue weighted by Crippen LogP contribution is 2.30. The smallest absolute Gasteiger partial charge is 0.282 e. The van der Waals surface area contributed by atoms with E-state index in [1.807, 2.05) is 6.07 Å². The zero-order valence-electron chi connectivity index (χ0n) is 21.2. The first-order valence-electron chi connectivity index (χ1n) is 12.1. The van der Waals surface area contributed by atoms with Gasteiger partial charge >= 0.3 is 0 Å². The Bertz CT molecular complexity index is 1180. The fraction of sp³-hybridized carbons (Fsp3) is 0.625. The number of piperidine rings is 1. The third kappa shape index (κ3) is 6.25. The molecular weight excluding hydrogens is 511 g/mol. The molecule has 2 aliphatic rings. The molecule has 0 unspecified atom stereocenters. The molecule has 0 aliphatic carbocycles. The van der Waals surface area contributed by atoms with Gasteiger partial charge in [0.15, 0.2) is 0 Å². The summed E-state index contributed by atoms with van der Waals surface area (Å²) >= 11 is 0. The SMILES string of the molecule is C[C@H](C(=O)N[C@H](C)c1ccc(C(C)(F)F)cc1F)N(C)C(=O)[C@H]1CCCN(S(=O)(=O)N2CC(C#N)C2)C1. The number of halogens is 3. The summed E-state index contributed by atoms with van der Waals surface area (Å²) in [6.07, 6.45) is 0.934. The van der Waals surface area contributed by atoms with Crippen LogP contribution in [-0.2, 0) is 25.7 Å². The number of nitriles is 1. The van der Waals surface area contributed by atoms with E-state index in [9.17, 15) is 31.2 Å². The summed E-state index contributed by atoms with van der Waals surface area (Å²) in [5.41, 5.74) is -0.450. The van der Waals surface area contributed by atoms with Crippen LogP contribution >= 0.6 is 0 Å². The summed E-state index contributed by atoms with van der Waals surface area (Å²) in [6, 6.07) is 3.27.